The number of para-hydroxylation sites is 1. The van der Waals surface area contributed by atoms with Gasteiger partial charge in [-0.25, -0.2) is 0 Å². The summed E-state index contributed by atoms with van der Waals surface area (Å²) in [6.45, 7) is 0. The molecule has 0 N–H and O–H groups in total. The van der Waals surface area contributed by atoms with Crippen molar-refractivity contribution in [3.63, 3.8) is 0 Å². The van der Waals surface area contributed by atoms with Crippen molar-refractivity contribution in [2.75, 3.05) is 13.0 Å². The molecule has 0 bridgehead atoms. The van der Waals surface area contributed by atoms with Gasteiger partial charge in [0.2, 0.25) is 0 Å². The fourth-order valence-corrected chi connectivity index (χ4v) is 3.02. The molecule has 0 radical (unpaired) electrons. The van der Waals surface area contributed by atoms with Crippen molar-refractivity contribution in [2.24, 2.45) is 0 Å². The second kappa shape index (κ2) is 6.72. The number of hydrogen-bond acceptors (Lipinski definition) is 2. The molecule has 18 heavy (non-hydrogen) atoms. The van der Waals surface area contributed by atoms with E-state index in [2.05, 4.69) is 24.3 Å². The number of aryl methyl sites for hydroxylation is 1. The zero-order chi connectivity index (χ0) is 12.8. The lowest BCUT2D eigenvalue weighted by Gasteiger charge is -2.10. The Morgan fingerprint density at radius 1 is 1.00 bits per heavy atom. The van der Waals surface area contributed by atoms with Crippen LogP contribution in [0.3, 0.4) is 0 Å². The van der Waals surface area contributed by atoms with Crippen LogP contribution in [-0.2, 0) is 6.42 Å². The third-order valence-electron chi connectivity index (χ3n) is 2.63. The third-order valence-corrected chi connectivity index (χ3v) is 3.99. The molecule has 1 nitrogen and oxygen atoms in total. The Morgan fingerprint density at radius 3 is 2.39 bits per heavy atom. The number of methoxy groups -OCH3 is 1. The number of rotatable bonds is 5. The highest BCUT2D eigenvalue weighted by atomic mass is 35.5. The van der Waals surface area contributed by atoms with E-state index in [1.165, 1.54) is 10.5 Å². The average Bonchev–Trinajstić information content (AvgIpc) is 2.42. The lowest BCUT2D eigenvalue weighted by atomic mass is 10.2. The van der Waals surface area contributed by atoms with E-state index in [4.69, 9.17) is 16.3 Å². The summed E-state index contributed by atoms with van der Waals surface area (Å²) in [6.07, 6.45) is 0.889. The Morgan fingerprint density at radius 2 is 1.67 bits per heavy atom. The second-order valence-electron chi connectivity index (χ2n) is 3.80. The molecule has 3 heteroatoms. The van der Waals surface area contributed by atoms with Crippen LogP contribution in [0, 0.1) is 0 Å². The molecule has 0 fully saturated rings. The number of halogens is 1. The fourth-order valence-electron chi connectivity index (χ4n) is 1.73. The number of alkyl halides is 1. The lowest BCUT2D eigenvalue weighted by molar-refractivity contribution is 0.405. The minimum absolute atomic E-state index is 0.642. The summed E-state index contributed by atoms with van der Waals surface area (Å²) in [5.41, 5.74) is 1.28. The Bertz CT molecular complexity index is 513. The maximum atomic E-state index is 5.84. The summed E-state index contributed by atoms with van der Waals surface area (Å²) in [7, 11) is 1.70. The predicted molar refractivity (Wildman–Crippen MR) is 78.0 cm³/mol. The quantitative estimate of drug-likeness (QED) is 0.738. The van der Waals surface area contributed by atoms with Gasteiger partial charge in [0, 0.05) is 10.8 Å². The van der Waals surface area contributed by atoms with Crippen LogP contribution < -0.4 is 4.74 Å². The molecule has 0 atom stereocenters. The van der Waals surface area contributed by atoms with Crippen LogP contribution in [0.4, 0.5) is 0 Å². The smallest absolute Gasteiger partial charge is 0.132 e. The van der Waals surface area contributed by atoms with E-state index in [1.54, 1.807) is 18.9 Å². The van der Waals surface area contributed by atoms with Gasteiger partial charge >= 0.3 is 0 Å². The Hall–Kier alpha value is -1.12. The predicted octanol–water partition coefficient (Wildman–Crippen LogP) is 4.63. The van der Waals surface area contributed by atoms with E-state index in [1.807, 2.05) is 24.3 Å². The van der Waals surface area contributed by atoms with Crippen molar-refractivity contribution >= 4 is 23.4 Å². The van der Waals surface area contributed by atoms with E-state index < -0.39 is 0 Å². The molecule has 94 valence electrons. The van der Waals surface area contributed by atoms with Crippen LogP contribution >= 0.6 is 23.4 Å². The molecule has 0 spiro atoms. The van der Waals surface area contributed by atoms with Gasteiger partial charge < -0.3 is 4.74 Å². The number of ether oxygens (including phenoxy) is 1. The molecule has 0 saturated heterocycles. The Balaban J connectivity index is 2.28. The van der Waals surface area contributed by atoms with Gasteiger partial charge in [0.15, 0.2) is 0 Å². The summed E-state index contributed by atoms with van der Waals surface area (Å²) in [4.78, 5) is 2.37. The SMILES string of the molecule is COc1ccccc1Sc1ccccc1CCCl. The zero-order valence-corrected chi connectivity index (χ0v) is 11.8. The Labute approximate surface area is 117 Å². The number of benzene rings is 2. The van der Waals surface area contributed by atoms with Crippen molar-refractivity contribution in [3.05, 3.63) is 54.1 Å². The van der Waals surface area contributed by atoms with Crippen molar-refractivity contribution in [3.8, 4) is 5.75 Å². The molecule has 2 rings (SSSR count). The molecule has 2 aromatic rings. The van der Waals surface area contributed by atoms with Crippen LogP contribution in [0.2, 0.25) is 0 Å². The van der Waals surface area contributed by atoms with Crippen molar-refractivity contribution in [1.29, 1.82) is 0 Å². The normalized spacial score (nSPS) is 10.3. The van der Waals surface area contributed by atoms with Gasteiger partial charge in [0.05, 0.1) is 12.0 Å². The average molecular weight is 279 g/mol. The molecule has 0 aliphatic rings. The standard InChI is InChI=1S/C15H15ClOS/c1-17-13-7-3-5-9-15(13)18-14-8-4-2-6-12(14)10-11-16/h2-9H,10-11H2,1H3. The zero-order valence-electron chi connectivity index (χ0n) is 10.2. The summed E-state index contributed by atoms with van der Waals surface area (Å²) in [5.74, 6) is 1.55. The summed E-state index contributed by atoms with van der Waals surface area (Å²) in [6, 6.07) is 16.4. The van der Waals surface area contributed by atoms with E-state index in [0.717, 1.165) is 17.1 Å². The summed E-state index contributed by atoms with van der Waals surface area (Å²) >= 11 is 7.56. The molecule has 2 aromatic carbocycles. The first-order valence-electron chi connectivity index (χ1n) is 5.80. The molecule has 0 heterocycles. The van der Waals surface area contributed by atoms with Gasteiger partial charge in [0.25, 0.3) is 0 Å². The van der Waals surface area contributed by atoms with E-state index >= 15 is 0 Å². The summed E-state index contributed by atoms with van der Waals surface area (Å²) < 4.78 is 5.37. The first-order chi connectivity index (χ1) is 8.85. The van der Waals surface area contributed by atoms with Gasteiger partial charge in [-0.15, -0.1) is 11.6 Å². The van der Waals surface area contributed by atoms with Crippen molar-refractivity contribution in [2.45, 2.75) is 16.2 Å². The summed E-state index contributed by atoms with van der Waals surface area (Å²) in [5, 5.41) is 0. The van der Waals surface area contributed by atoms with Crippen LogP contribution in [0.25, 0.3) is 0 Å². The lowest BCUT2D eigenvalue weighted by Crippen LogP contribution is -1.90. The topological polar surface area (TPSA) is 9.23 Å². The molecule has 0 saturated carbocycles. The van der Waals surface area contributed by atoms with E-state index in [-0.39, 0.29) is 0 Å². The minimum Gasteiger partial charge on any atom is -0.496 e. The van der Waals surface area contributed by atoms with Gasteiger partial charge in [-0.05, 0) is 30.2 Å². The molecule has 0 aliphatic carbocycles. The number of hydrogen-bond donors (Lipinski definition) is 0. The highest BCUT2D eigenvalue weighted by Gasteiger charge is 2.07. The van der Waals surface area contributed by atoms with Crippen LogP contribution in [-0.4, -0.2) is 13.0 Å². The first kappa shape index (κ1) is 13.3. The van der Waals surface area contributed by atoms with Gasteiger partial charge in [-0.2, -0.15) is 0 Å². The van der Waals surface area contributed by atoms with Gasteiger partial charge in [0.1, 0.15) is 5.75 Å². The molecule has 0 amide bonds. The molecule has 0 unspecified atom stereocenters. The van der Waals surface area contributed by atoms with Crippen LogP contribution in [0.5, 0.6) is 5.75 Å². The molecule has 0 aromatic heterocycles. The van der Waals surface area contributed by atoms with Crippen molar-refractivity contribution in [1.82, 2.24) is 0 Å². The highest BCUT2D eigenvalue weighted by Crippen LogP contribution is 2.36. The maximum Gasteiger partial charge on any atom is 0.132 e. The van der Waals surface area contributed by atoms with Crippen molar-refractivity contribution < 1.29 is 4.74 Å². The van der Waals surface area contributed by atoms with Gasteiger partial charge in [-0.1, -0.05) is 42.1 Å². The van der Waals surface area contributed by atoms with Crippen LogP contribution in [0.1, 0.15) is 5.56 Å². The fraction of sp³-hybridized carbons (Fsp3) is 0.200. The highest BCUT2D eigenvalue weighted by molar-refractivity contribution is 7.99. The Kier molecular flexibility index (Phi) is 4.97. The second-order valence-corrected chi connectivity index (χ2v) is 5.26. The first-order valence-corrected chi connectivity index (χ1v) is 7.15. The monoisotopic (exact) mass is 278 g/mol. The molecular formula is C15H15ClOS. The van der Waals surface area contributed by atoms with E-state index in [9.17, 15) is 0 Å². The van der Waals surface area contributed by atoms with Crippen LogP contribution in [0.15, 0.2) is 58.3 Å². The molecular weight excluding hydrogens is 264 g/mol. The molecule has 0 aliphatic heterocycles. The maximum absolute atomic E-state index is 5.84. The van der Waals surface area contributed by atoms with E-state index in [0.29, 0.717) is 5.88 Å². The minimum atomic E-state index is 0.642. The third kappa shape index (κ3) is 3.21. The van der Waals surface area contributed by atoms with Gasteiger partial charge in [-0.3, -0.25) is 0 Å². The largest absolute Gasteiger partial charge is 0.496 e.